The van der Waals surface area contributed by atoms with Crippen LogP contribution in [0.1, 0.15) is 13.3 Å². The van der Waals surface area contributed by atoms with Gasteiger partial charge in [-0.15, -0.1) is 0 Å². The zero-order chi connectivity index (χ0) is 9.52. The summed E-state index contributed by atoms with van der Waals surface area (Å²) in [6.07, 6.45) is 2.45. The smallest absolute Gasteiger partial charge is 0.251 e. The molecule has 72 valence electrons. The Kier molecular flexibility index (Phi) is 3.90. The van der Waals surface area contributed by atoms with E-state index in [1.807, 2.05) is 0 Å². The van der Waals surface area contributed by atoms with Gasteiger partial charge in [0.15, 0.2) is 0 Å². The Bertz CT molecular complexity index is 254. The molecule has 2 N–H and O–H groups in total. The third-order valence-electron chi connectivity index (χ3n) is 1.30. The van der Waals surface area contributed by atoms with Crippen molar-refractivity contribution in [1.82, 2.24) is 15.0 Å². The summed E-state index contributed by atoms with van der Waals surface area (Å²) in [5.74, 6) is 0.951. The number of hydrogen-bond acceptors (Lipinski definition) is 6. The van der Waals surface area contributed by atoms with Gasteiger partial charge in [0, 0.05) is 6.54 Å². The first-order valence-electron chi connectivity index (χ1n) is 4.08. The van der Waals surface area contributed by atoms with Gasteiger partial charge in [0.25, 0.3) is 5.95 Å². The number of aromatic nitrogens is 3. The summed E-state index contributed by atoms with van der Waals surface area (Å²) in [5, 5.41) is 3.04. The minimum Gasteiger partial charge on any atom is -0.354 e. The van der Waals surface area contributed by atoms with Gasteiger partial charge in [-0.05, 0) is 6.42 Å². The van der Waals surface area contributed by atoms with Gasteiger partial charge >= 0.3 is 0 Å². The van der Waals surface area contributed by atoms with Crippen LogP contribution < -0.4 is 10.8 Å². The third-order valence-corrected chi connectivity index (χ3v) is 1.30. The third kappa shape index (κ3) is 3.20. The fraction of sp³-hybridized carbons (Fsp3) is 0.571. The van der Waals surface area contributed by atoms with Gasteiger partial charge in [0.2, 0.25) is 5.95 Å². The Balaban J connectivity index is 2.56. The van der Waals surface area contributed by atoms with Gasteiger partial charge in [-0.2, -0.15) is 9.97 Å². The van der Waals surface area contributed by atoms with Crippen molar-refractivity contribution in [1.29, 1.82) is 0 Å². The molecule has 0 aromatic carbocycles. The van der Waals surface area contributed by atoms with Crippen molar-refractivity contribution in [2.75, 3.05) is 24.5 Å². The normalized spacial score (nSPS) is 9.69. The van der Waals surface area contributed by atoms with Crippen LogP contribution in [0, 0.1) is 0 Å². The van der Waals surface area contributed by atoms with E-state index < -0.39 is 0 Å². The first kappa shape index (κ1) is 9.66. The Morgan fingerprint density at radius 3 is 2.85 bits per heavy atom. The molecular formula is C7H13N5O. The molecule has 0 aliphatic rings. The highest BCUT2D eigenvalue weighted by molar-refractivity contribution is 5.30. The van der Waals surface area contributed by atoms with Gasteiger partial charge in [-0.1, -0.05) is 6.92 Å². The number of anilines is 2. The average molecular weight is 183 g/mol. The fourth-order valence-corrected chi connectivity index (χ4v) is 0.759. The summed E-state index contributed by atoms with van der Waals surface area (Å²) < 4.78 is 0. The lowest BCUT2D eigenvalue weighted by atomic mass is 10.5. The maximum absolute atomic E-state index is 4.66. The molecule has 0 amide bonds. The predicted octanol–water partition coefficient (Wildman–Crippen LogP) is 0.667. The van der Waals surface area contributed by atoms with Crippen LogP contribution in [0.3, 0.4) is 0 Å². The molecule has 0 unspecified atom stereocenters. The molecule has 0 saturated carbocycles. The van der Waals surface area contributed by atoms with Gasteiger partial charge in [-0.3, -0.25) is 4.84 Å². The second kappa shape index (κ2) is 5.26. The first-order chi connectivity index (χ1) is 6.36. The molecular weight excluding hydrogens is 170 g/mol. The fourth-order valence-electron chi connectivity index (χ4n) is 0.759. The lowest BCUT2D eigenvalue weighted by Gasteiger charge is -2.04. The van der Waals surface area contributed by atoms with E-state index in [4.69, 9.17) is 0 Å². The van der Waals surface area contributed by atoms with E-state index in [0.717, 1.165) is 13.0 Å². The van der Waals surface area contributed by atoms with E-state index in [9.17, 15) is 0 Å². The molecule has 1 rings (SSSR count). The van der Waals surface area contributed by atoms with Crippen LogP contribution in [0.5, 0.6) is 0 Å². The number of rotatable bonds is 5. The monoisotopic (exact) mass is 183 g/mol. The van der Waals surface area contributed by atoms with Crippen molar-refractivity contribution in [3.63, 3.8) is 0 Å². The van der Waals surface area contributed by atoms with Crippen molar-refractivity contribution in [2.45, 2.75) is 13.3 Å². The summed E-state index contributed by atoms with van der Waals surface area (Å²) in [5.41, 5.74) is 2.52. The zero-order valence-corrected chi connectivity index (χ0v) is 7.74. The predicted molar refractivity (Wildman–Crippen MR) is 49.2 cm³/mol. The largest absolute Gasteiger partial charge is 0.354 e. The second-order valence-corrected chi connectivity index (χ2v) is 2.37. The van der Waals surface area contributed by atoms with Crippen LogP contribution >= 0.6 is 0 Å². The molecule has 0 spiro atoms. The van der Waals surface area contributed by atoms with Crippen molar-refractivity contribution >= 4 is 11.9 Å². The molecule has 1 aromatic rings. The van der Waals surface area contributed by atoms with E-state index in [1.165, 1.54) is 13.4 Å². The highest BCUT2D eigenvalue weighted by atomic mass is 16.6. The summed E-state index contributed by atoms with van der Waals surface area (Å²) in [6, 6.07) is 0. The van der Waals surface area contributed by atoms with E-state index in [1.54, 1.807) is 0 Å². The minimum atomic E-state index is 0.399. The van der Waals surface area contributed by atoms with Crippen LogP contribution in [0.4, 0.5) is 11.9 Å². The van der Waals surface area contributed by atoms with Crippen LogP contribution in [0.2, 0.25) is 0 Å². The molecule has 0 aliphatic heterocycles. The average Bonchev–Trinajstić information content (AvgIpc) is 2.16. The Morgan fingerprint density at radius 2 is 2.15 bits per heavy atom. The molecule has 6 nitrogen and oxygen atoms in total. The Morgan fingerprint density at radius 1 is 1.38 bits per heavy atom. The van der Waals surface area contributed by atoms with Crippen molar-refractivity contribution < 1.29 is 4.84 Å². The molecule has 0 radical (unpaired) electrons. The molecule has 6 heteroatoms. The maximum Gasteiger partial charge on any atom is 0.251 e. The van der Waals surface area contributed by atoms with E-state index in [0.29, 0.717) is 11.9 Å². The Hall–Kier alpha value is -1.43. The molecule has 0 saturated heterocycles. The van der Waals surface area contributed by atoms with Gasteiger partial charge in [0.1, 0.15) is 6.33 Å². The molecule has 13 heavy (non-hydrogen) atoms. The number of nitrogens with one attached hydrogen (secondary N) is 2. The quantitative estimate of drug-likeness (QED) is 0.653. The summed E-state index contributed by atoms with van der Waals surface area (Å²) in [6.45, 7) is 2.92. The number of nitrogens with zero attached hydrogens (tertiary/aromatic N) is 3. The standard InChI is InChI=1S/C7H13N5O/c1-3-4-8-6-9-5-10-7(11-6)12-13-2/h5H,3-4H2,1-2H3,(H2,8,9,10,11,12). The van der Waals surface area contributed by atoms with Gasteiger partial charge in [-0.25, -0.2) is 10.5 Å². The van der Waals surface area contributed by atoms with Crippen LogP contribution in [0.25, 0.3) is 0 Å². The van der Waals surface area contributed by atoms with E-state index in [-0.39, 0.29) is 0 Å². The van der Waals surface area contributed by atoms with Crippen LogP contribution in [-0.2, 0) is 4.84 Å². The molecule has 1 heterocycles. The first-order valence-corrected chi connectivity index (χ1v) is 4.08. The van der Waals surface area contributed by atoms with Crippen molar-refractivity contribution in [2.24, 2.45) is 0 Å². The highest BCUT2D eigenvalue weighted by Crippen LogP contribution is 2.00. The molecule has 0 fully saturated rings. The van der Waals surface area contributed by atoms with Crippen LogP contribution in [-0.4, -0.2) is 28.6 Å². The topological polar surface area (TPSA) is 72.0 Å². The maximum atomic E-state index is 4.66. The summed E-state index contributed by atoms with van der Waals surface area (Å²) in [4.78, 5) is 16.5. The van der Waals surface area contributed by atoms with E-state index >= 15 is 0 Å². The molecule has 1 aromatic heterocycles. The minimum absolute atomic E-state index is 0.399. The molecule has 0 bridgehead atoms. The lowest BCUT2D eigenvalue weighted by Crippen LogP contribution is -2.08. The number of hydrogen-bond donors (Lipinski definition) is 2. The summed E-state index contributed by atoms with van der Waals surface area (Å²) in [7, 11) is 1.50. The lowest BCUT2D eigenvalue weighted by molar-refractivity contribution is 0.267. The van der Waals surface area contributed by atoms with E-state index in [2.05, 4.69) is 37.5 Å². The summed E-state index contributed by atoms with van der Waals surface area (Å²) >= 11 is 0. The highest BCUT2D eigenvalue weighted by Gasteiger charge is 1.97. The van der Waals surface area contributed by atoms with Crippen LogP contribution in [0.15, 0.2) is 6.33 Å². The SMILES string of the molecule is CCCNc1ncnc(NOC)n1. The van der Waals surface area contributed by atoms with Crippen molar-refractivity contribution in [3.05, 3.63) is 6.33 Å². The van der Waals surface area contributed by atoms with Crippen molar-refractivity contribution in [3.8, 4) is 0 Å². The van der Waals surface area contributed by atoms with Gasteiger partial charge < -0.3 is 5.32 Å². The zero-order valence-electron chi connectivity index (χ0n) is 7.74. The van der Waals surface area contributed by atoms with Gasteiger partial charge in [0.05, 0.1) is 7.11 Å². The molecule has 0 aliphatic carbocycles. The molecule has 0 atom stereocenters. The Labute approximate surface area is 76.7 Å². The second-order valence-electron chi connectivity index (χ2n) is 2.37.